The highest BCUT2D eigenvalue weighted by molar-refractivity contribution is 7.90. The van der Waals surface area contributed by atoms with Gasteiger partial charge in [-0.25, -0.2) is 8.42 Å². The molecule has 1 N–H and O–H groups in total. The Kier molecular flexibility index (Phi) is 3.61. The van der Waals surface area contributed by atoms with Gasteiger partial charge in [0.1, 0.15) is 5.69 Å². The Hall–Kier alpha value is -2.00. The first-order chi connectivity index (χ1) is 10.4. The second kappa shape index (κ2) is 5.33. The van der Waals surface area contributed by atoms with Crippen LogP contribution in [0.1, 0.15) is 12.8 Å². The number of nitro benzene ring substituents is 1. The number of amides is 1. The van der Waals surface area contributed by atoms with Crippen molar-refractivity contribution in [2.75, 3.05) is 18.4 Å². The fourth-order valence-corrected chi connectivity index (χ4v) is 4.29. The molecule has 1 amide bonds. The lowest BCUT2D eigenvalue weighted by Crippen LogP contribution is -2.55. The minimum atomic E-state index is -3.24. The van der Waals surface area contributed by atoms with Crippen LogP contribution in [0, 0.1) is 16.0 Å². The third-order valence-corrected chi connectivity index (χ3v) is 6.21. The number of sulfonamides is 1. The van der Waals surface area contributed by atoms with Crippen molar-refractivity contribution in [1.29, 1.82) is 0 Å². The molecule has 0 radical (unpaired) electrons. The molecule has 118 valence electrons. The standard InChI is InChI=1S/C13H15N3O5S/c17-13(14-11-3-1-2-4-12(11)16(18)19)9-7-15(8-9)22(20,21)10-5-6-10/h1-4,9-10H,5-8H2,(H,14,17). The number of nitro groups is 1. The Morgan fingerprint density at radius 3 is 2.50 bits per heavy atom. The lowest BCUT2D eigenvalue weighted by Gasteiger charge is -2.37. The van der Waals surface area contributed by atoms with Gasteiger partial charge in [0.05, 0.1) is 16.1 Å². The lowest BCUT2D eigenvalue weighted by atomic mass is 10.0. The minimum absolute atomic E-state index is 0.126. The molecule has 2 aliphatic rings. The summed E-state index contributed by atoms with van der Waals surface area (Å²) < 4.78 is 25.2. The SMILES string of the molecule is O=C(Nc1ccccc1[N+](=O)[O-])C1CN(S(=O)(=O)C2CC2)C1. The van der Waals surface area contributed by atoms with Crippen molar-refractivity contribution < 1.29 is 18.1 Å². The molecule has 0 bridgehead atoms. The quantitative estimate of drug-likeness (QED) is 0.640. The molecule has 0 unspecified atom stereocenters. The van der Waals surface area contributed by atoms with Crippen LogP contribution in [-0.4, -0.2) is 41.9 Å². The van der Waals surface area contributed by atoms with Crippen molar-refractivity contribution in [2.45, 2.75) is 18.1 Å². The van der Waals surface area contributed by atoms with Gasteiger partial charge in [-0.15, -0.1) is 0 Å². The van der Waals surface area contributed by atoms with Crippen LogP contribution in [-0.2, 0) is 14.8 Å². The molecule has 9 heteroatoms. The minimum Gasteiger partial charge on any atom is -0.320 e. The molecule has 1 aliphatic carbocycles. The molecule has 0 spiro atoms. The number of benzene rings is 1. The van der Waals surface area contributed by atoms with E-state index in [-0.39, 0.29) is 29.7 Å². The largest absolute Gasteiger partial charge is 0.320 e. The van der Waals surface area contributed by atoms with E-state index in [1.165, 1.54) is 22.5 Å². The molecule has 1 saturated heterocycles. The highest BCUT2D eigenvalue weighted by Crippen LogP contribution is 2.35. The van der Waals surface area contributed by atoms with Crippen LogP contribution in [0.25, 0.3) is 0 Å². The zero-order valence-electron chi connectivity index (χ0n) is 11.6. The van der Waals surface area contributed by atoms with Gasteiger partial charge in [-0.3, -0.25) is 14.9 Å². The van der Waals surface area contributed by atoms with Gasteiger partial charge in [0, 0.05) is 19.2 Å². The summed E-state index contributed by atoms with van der Waals surface area (Å²) in [7, 11) is -3.24. The first-order valence-corrected chi connectivity index (χ1v) is 8.43. The molecule has 1 heterocycles. The monoisotopic (exact) mass is 325 g/mol. The zero-order chi connectivity index (χ0) is 15.9. The van der Waals surface area contributed by atoms with Crippen molar-refractivity contribution >= 4 is 27.3 Å². The van der Waals surface area contributed by atoms with Gasteiger partial charge >= 0.3 is 0 Å². The highest BCUT2D eigenvalue weighted by atomic mass is 32.2. The van der Waals surface area contributed by atoms with Crippen LogP contribution in [0.15, 0.2) is 24.3 Å². The number of nitrogens with zero attached hydrogens (tertiary/aromatic N) is 2. The molecular weight excluding hydrogens is 310 g/mol. The van der Waals surface area contributed by atoms with E-state index < -0.39 is 26.8 Å². The van der Waals surface area contributed by atoms with E-state index in [2.05, 4.69) is 5.32 Å². The first-order valence-electron chi connectivity index (χ1n) is 6.93. The highest BCUT2D eigenvalue weighted by Gasteiger charge is 2.47. The molecule has 2 fully saturated rings. The maximum atomic E-state index is 12.1. The van der Waals surface area contributed by atoms with Crippen LogP contribution < -0.4 is 5.32 Å². The summed E-state index contributed by atoms with van der Waals surface area (Å²) in [6.45, 7) is 0.288. The number of nitrogens with one attached hydrogen (secondary N) is 1. The van der Waals surface area contributed by atoms with Crippen molar-refractivity contribution in [1.82, 2.24) is 4.31 Å². The Morgan fingerprint density at radius 1 is 1.27 bits per heavy atom. The molecule has 8 nitrogen and oxygen atoms in total. The van der Waals surface area contributed by atoms with Gasteiger partial charge in [-0.2, -0.15) is 4.31 Å². The predicted octanol–water partition coefficient (Wildman–Crippen LogP) is 0.957. The molecule has 1 aromatic carbocycles. The Balaban J connectivity index is 1.62. The fourth-order valence-electron chi connectivity index (χ4n) is 2.36. The van der Waals surface area contributed by atoms with Crippen LogP contribution in [0.3, 0.4) is 0 Å². The topological polar surface area (TPSA) is 110 Å². The van der Waals surface area contributed by atoms with Crippen molar-refractivity contribution in [2.24, 2.45) is 5.92 Å². The second-order valence-corrected chi connectivity index (χ2v) is 7.73. The van der Waals surface area contributed by atoms with E-state index in [1.807, 2.05) is 0 Å². The summed E-state index contributed by atoms with van der Waals surface area (Å²) >= 11 is 0. The van der Waals surface area contributed by atoms with Gasteiger partial charge in [-0.1, -0.05) is 12.1 Å². The van der Waals surface area contributed by atoms with Crippen molar-refractivity contribution in [3.63, 3.8) is 0 Å². The van der Waals surface area contributed by atoms with Crippen LogP contribution in [0.5, 0.6) is 0 Å². The number of hydrogen-bond acceptors (Lipinski definition) is 5. The molecule has 0 aromatic heterocycles. The smallest absolute Gasteiger partial charge is 0.292 e. The normalized spacial score (nSPS) is 19.5. The summed E-state index contributed by atoms with van der Waals surface area (Å²) in [5.41, 5.74) is -0.0568. The summed E-state index contributed by atoms with van der Waals surface area (Å²) in [5, 5.41) is 13.1. The van der Waals surface area contributed by atoms with E-state index >= 15 is 0 Å². The van der Waals surface area contributed by atoms with Gasteiger partial charge in [0.25, 0.3) is 5.69 Å². The lowest BCUT2D eigenvalue weighted by molar-refractivity contribution is -0.383. The van der Waals surface area contributed by atoms with Gasteiger partial charge in [0.2, 0.25) is 15.9 Å². The summed E-state index contributed by atoms with van der Waals surface area (Å²) in [4.78, 5) is 22.4. The van der Waals surface area contributed by atoms with Crippen LogP contribution >= 0.6 is 0 Å². The average molecular weight is 325 g/mol. The van der Waals surface area contributed by atoms with Gasteiger partial charge in [-0.05, 0) is 18.9 Å². The number of para-hydroxylation sites is 2. The molecule has 3 rings (SSSR count). The van der Waals surface area contributed by atoms with Crippen molar-refractivity contribution in [3.8, 4) is 0 Å². The Labute approximate surface area is 127 Å². The second-order valence-electron chi connectivity index (χ2n) is 5.52. The maximum absolute atomic E-state index is 12.1. The Morgan fingerprint density at radius 2 is 1.91 bits per heavy atom. The molecule has 1 aliphatic heterocycles. The zero-order valence-corrected chi connectivity index (χ0v) is 12.5. The average Bonchev–Trinajstić information content (AvgIpc) is 3.21. The van der Waals surface area contributed by atoms with Crippen LogP contribution in [0.4, 0.5) is 11.4 Å². The van der Waals surface area contributed by atoms with E-state index in [4.69, 9.17) is 0 Å². The van der Waals surface area contributed by atoms with E-state index in [0.717, 1.165) is 0 Å². The molecule has 1 saturated carbocycles. The third kappa shape index (κ3) is 2.69. The maximum Gasteiger partial charge on any atom is 0.292 e. The number of anilines is 1. The summed E-state index contributed by atoms with van der Waals surface area (Å²) in [6.07, 6.45) is 1.37. The fraction of sp³-hybridized carbons (Fsp3) is 0.462. The number of rotatable bonds is 5. The molecular formula is C13H15N3O5S. The summed E-state index contributed by atoms with van der Waals surface area (Å²) in [5.74, 6) is -0.857. The molecule has 22 heavy (non-hydrogen) atoms. The molecule has 1 aromatic rings. The number of carbonyl (C=O) groups is 1. The van der Waals surface area contributed by atoms with E-state index in [0.29, 0.717) is 12.8 Å². The third-order valence-electron chi connectivity index (χ3n) is 3.88. The Bertz CT molecular complexity index is 723. The van der Waals surface area contributed by atoms with E-state index in [9.17, 15) is 23.3 Å². The molecule has 0 atom stereocenters. The predicted molar refractivity (Wildman–Crippen MR) is 78.7 cm³/mol. The van der Waals surface area contributed by atoms with Crippen molar-refractivity contribution in [3.05, 3.63) is 34.4 Å². The van der Waals surface area contributed by atoms with Crippen LogP contribution in [0.2, 0.25) is 0 Å². The van der Waals surface area contributed by atoms with Gasteiger partial charge < -0.3 is 5.32 Å². The first kappa shape index (κ1) is 14.9. The summed E-state index contributed by atoms with van der Waals surface area (Å²) in [6, 6.07) is 5.86. The number of hydrogen-bond donors (Lipinski definition) is 1. The number of carbonyl (C=O) groups excluding carboxylic acids is 1. The van der Waals surface area contributed by atoms with Gasteiger partial charge in [0.15, 0.2) is 0 Å². The van der Waals surface area contributed by atoms with E-state index in [1.54, 1.807) is 6.07 Å².